The predicted octanol–water partition coefficient (Wildman–Crippen LogP) is 4.70. The molecule has 1 aliphatic heterocycles. The fourth-order valence-corrected chi connectivity index (χ4v) is 3.11. The quantitative estimate of drug-likeness (QED) is 0.708. The summed E-state index contributed by atoms with van der Waals surface area (Å²) in [5, 5.41) is -0.198. The molecule has 124 valence electrons. The number of rotatable bonds is 6. The first-order valence-electron chi connectivity index (χ1n) is 8.00. The van der Waals surface area contributed by atoms with Crippen molar-refractivity contribution in [3.05, 3.63) is 34.7 Å². The van der Waals surface area contributed by atoms with E-state index in [2.05, 4.69) is 6.92 Å². The second kappa shape index (κ2) is 7.68. The third kappa shape index (κ3) is 3.96. The van der Waals surface area contributed by atoms with E-state index >= 15 is 0 Å². The Labute approximate surface area is 141 Å². The predicted molar refractivity (Wildman–Crippen MR) is 94.4 cm³/mol. The average Bonchev–Trinajstić information content (AvgIpc) is 2.82. The number of thioether (sulfide) groups is 1. The summed E-state index contributed by atoms with van der Waals surface area (Å²) < 4.78 is 5.90. The summed E-state index contributed by atoms with van der Waals surface area (Å²) in [4.78, 5) is 26.4. The van der Waals surface area contributed by atoms with Crippen LogP contribution in [-0.2, 0) is 4.79 Å². The Morgan fingerprint density at radius 3 is 2.52 bits per heavy atom. The van der Waals surface area contributed by atoms with Gasteiger partial charge in [-0.2, -0.15) is 0 Å². The standard InChI is InChI=1S/C18H23NO3S/c1-5-12(3)19-17(20)16(23-18(19)21)11-14-9-7-8-10-15(14)22-13(4)6-2/h7-13H,5-6H2,1-4H3/b16-11+/t12-,13+/m0/s1. The highest BCUT2D eigenvalue weighted by Gasteiger charge is 2.37. The van der Waals surface area contributed by atoms with E-state index in [1.54, 1.807) is 6.08 Å². The zero-order valence-corrected chi connectivity index (χ0v) is 14.9. The van der Waals surface area contributed by atoms with Crippen molar-refractivity contribution in [1.82, 2.24) is 4.90 Å². The van der Waals surface area contributed by atoms with E-state index in [1.165, 1.54) is 4.90 Å². The molecule has 2 atom stereocenters. The highest BCUT2D eigenvalue weighted by molar-refractivity contribution is 8.18. The fraction of sp³-hybridized carbons (Fsp3) is 0.444. The number of nitrogens with zero attached hydrogens (tertiary/aromatic N) is 1. The van der Waals surface area contributed by atoms with Crippen molar-refractivity contribution in [3.8, 4) is 5.75 Å². The Morgan fingerprint density at radius 2 is 1.87 bits per heavy atom. The number of carbonyl (C=O) groups is 2. The molecule has 1 heterocycles. The molecule has 0 saturated carbocycles. The van der Waals surface area contributed by atoms with E-state index in [4.69, 9.17) is 4.74 Å². The summed E-state index contributed by atoms with van der Waals surface area (Å²) >= 11 is 0.997. The summed E-state index contributed by atoms with van der Waals surface area (Å²) in [7, 11) is 0. The Kier molecular flexibility index (Phi) is 5.88. The highest BCUT2D eigenvalue weighted by atomic mass is 32.2. The van der Waals surface area contributed by atoms with Crippen LogP contribution < -0.4 is 4.74 Å². The lowest BCUT2D eigenvalue weighted by molar-refractivity contribution is -0.124. The molecule has 0 spiro atoms. The van der Waals surface area contributed by atoms with Crippen LogP contribution in [0.5, 0.6) is 5.75 Å². The van der Waals surface area contributed by atoms with Gasteiger partial charge in [-0.3, -0.25) is 14.5 Å². The van der Waals surface area contributed by atoms with Gasteiger partial charge < -0.3 is 4.74 Å². The molecule has 2 rings (SSSR count). The van der Waals surface area contributed by atoms with Crippen molar-refractivity contribution in [3.63, 3.8) is 0 Å². The molecule has 0 radical (unpaired) electrons. The molecule has 4 nitrogen and oxygen atoms in total. The summed E-state index contributed by atoms with van der Waals surface area (Å²) in [6.07, 6.45) is 3.50. The third-order valence-corrected chi connectivity index (χ3v) is 4.85. The monoisotopic (exact) mass is 333 g/mol. The number of benzene rings is 1. The molecule has 2 amide bonds. The number of imide groups is 1. The van der Waals surface area contributed by atoms with Crippen LogP contribution >= 0.6 is 11.8 Å². The second-order valence-corrected chi connectivity index (χ2v) is 6.68. The van der Waals surface area contributed by atoms with Gasteiger partial charge in [0, 0.05) is 11.6 Å². The molecule has 1 aliphatic rings. The Bertz CT molecular complexity index is 626. The fourth-order valence-electron chi connectivity index (χ4n) is 2.19. The number of amides is 2. The molecule has 0 bridgehead atoms. The van der Waals surface area contributed by atoms with Crippen LogP contribution in [-0.4, -0.2) is 28.2 Å². The largest absolute Gasteiger partial charge is 0.490 e. The van der Waals surface area contributed by atoms with E-state index in [1.807, 2.05) is 45.0 Å². The van der Waals surface area contributed by atoms with Crippen LogP contribution in [0.3, 0.4) is 0 Å². The van der Waals surface area contributed by atoms with Gasteiger partial charge >= 0.3 is 0 Å². The van der Waals surface area contributed by atoms with Crippen LogP contribution in [0, 0.1) is 0 Å². The van der Waals surface area contributed by atoms with E-state index in [-0.39, 0.29) is 23.3 Å². The first-order valence-corrected chi connectivity index (χ1v) is 8.82. The van der Waals surface area contributed by atoms with Gasteiger partial charge in [0.15, 0.2) is 0 Å². The number of para-hydroxylation sites is 1. The van der Waals surface area contributed by atoms with E-state index < -0.39 is 0 Å². The van der Waals surface area contributed by atoms with Gasteiger partial charge in [-0.25, -0.2) is 0 Å². The summed E-state index contributed by atoms with van der Waals surface area (Å²) in [6, 6.07) is 7.50. The van der Waals surface area contributed by atoms with Crippen molar-refractivity contribution in [2.24, 2.45) is 0 Å². The lowest BCUT2D eigenvalue weighted by Gasteiger charge is -2.19. The minimum absolute atomic E-state index is 0.0833. The van der Waals surface area contributed by atoms with Crippen LogP contribution in [0.15, 0.2) is 29.2 Å². The zero-order valence-electron chi connectivity index (χ0n) is 14.0. The lowest BCUT2D eigenvalue weighted by atomic mass is 10.1. The van der Waals surface area contributed by atoms with Crippen molar-refractivity contribution in [2.45, 2.75) is 52.7 Å². The van der Waals surface area contributed by atoms with Gasteiger partial charge in [0.25, 0.3) is 11.1 Å². The van der Waals surface area contributed by atoms with Gasteiger partial charge in [-0.1, -0.05) is 32.0 Å². The maximum atomic E-state index is 12.5. The van der Waals surface area contributed by atoms with Crippen LogP contribution in [0.2, 0.25) is 0 Å². The maximum absolute atomic E-state index is 12.5. The summed E-state index contributed by atoms with van der Waals surface area (Å²) in [5.41, 5.74) is 0.822. The first-order chi connectivity index (χ1) is 11.0. The minimum Gasteiger partial charge on any atom is -0.490 e. The number of ether oxygens (including phenoxy) is 1. The van der Waals surface area contributed by atoms with Crippen molar-refractivity contribution in [1.29, 1.82) is 0 Å². The smallest absolute Gasteiger partial charge is 0.293 e. The molecule has 5 heteroatoms. The first kappa shape index (κ1) is 17.6. The Balaban J connectivity index is 2.29. The van der Waals surface area contributed by atoms with E-state index in [9.17, 15) is 9.59 Å². The normalized spacial score (nSPS) is 19.3. The second-order valence-electron chi connectivity index (χ2n) is 5.68. The van der Waals surface area contributed by atoms with Gasteiger partial charge in [-0.15, -0.1) is 0 Å². The molecule has 1 aromatic rings. The molecule has 0 N–H and O–H groups in total. The van der Waals surface area contributed by atoms with Crippen molar-refractivity contribution in [2.75, 3.05) is 0 Å². The maximum Gasteiger partial charge on any atom is 0.293 e. The number of carbonyl (C=O) groups excluding carboxylic acids is 2. The molecular weight excluding hydrogens is 310 g/mol. The van der Waals surface area contributed by atoms with Crippen molar-refractivity contribution < 1.29 is 14.3 Å². The van der Waals surface area contributed by atoms with Crippen LogP contribution in [0.25, 0.3) is 6.08 Å². The molecule has 1 aromatic carbocycles. The van der Waals surface area contributed by atoms with Crippen LogP contribution in [0.1, 0.15) is 46.1 Å². The molecular formula is C18H23NO3S. The Hall–Kier alpha value is -1.75. The molecule has 1 saturated heterocycles. The molecule has 23 heavy (non-hydrogen) atoms. The Morgan fingerprint density at radius 1 is 1.17 bits per heavy atom. The molecule has 0 aliphatic carbocycles. The highest BCUT2D eigenvalue weighted by Crippen LogP contribution is 2.35. The molecule has 1 fully saturated rings. The topological polar surface area (TPSA) is 46.6 Å². The van der Waals surface area contributed by atoms with Gasteiger partial charge in [-0.05, 0) is 50.6 Å². The lowest BCUT2D eigenvalue weighted by Crippen LogP contribution is -2.36. The summed E-state index contributed by atoms with van der Waals surface area (Å²) in [6.45, 7) is 7.92. The van der Waals surface area contributed by atoms with Gasteiger partial charge in [0.2, 0.25) is 0 Å². The van der Waals surface area contributed by atoms with E-state index in [0.29, 0.717) is 4.91 Å². The third-order valence-electron chi connectivity index (χ3n) is 3.96. The van der Waals surface area contributed by atoms with Gasteiger partial charge in [0.1, 0.15) is 5.75 Å². The molecule has 0 unspecified atom stereocenters. The minimum atomic E-state index is -0.215. The van der Waals surface area contributed by atoms with Crippen LogP contribution in [0.4, 0.5) is 4.79 Å². The number of hydrogen-bond donors (Lipinski definition) is 0. The molecule has 0 aromatic heterocycles. The zero-order chi connectivity index (χ0) is 17.0. The van der Waals surface area contributed by atoms with Gasteiger partial charge in [0.05, 0.1) is 11.0 Å². The SMILES string of the molecule is CC[C@@H](C)Oc1ccccc1/C=C1/SC(=O)N([C@@H](C)CC)C1=O. The van der Waals surface area contributed by atoms with Crippen molar-refractivity contribution >= 4 is 29.0 Å². The number of hydrogen-bond acceptors (Lipinski definition) is 4. The average molecular weight is 333 g/mol. The summed E-state index contributed by atoms with van der Waals surface area (Å²) in [5.74, 6) is 0.518. The van der Waals surface area contributed by atoms with E-state index in [0.717, 1.165) is 35.9 Å².